The zero-order valence-electron chi connectivity index (χ0n) is 18.6. The molecule has 1 saturated heterocycles. The normalized spacial score (nSPS) is 20.4. The lowest BCUT2D eigenvalue weighted by atomic mass is 9.94. The molecular weight excluding hydrogens is 418 g/mol. The van der Waals surface area contributed by atoms with Crippen molar-refractivity contribution in [3.63, 3.8) is 0 Å². The number of benzene rings is 2. The van der Waals surface area contributed by atoms with Gasteiger partial charge in [-0.2, -0.15) is 0 Å². The first-order valence-electron chi connectivity index (χ1n) is 11.1. The second kappa shape index (κ2) is 7.92. The van der Waals surface area contributed by atoms with Crippen molar-refractivity contribution >= 4 is 23.4 Å². The fraction of sp³-hybridized carbons (Fsp3) is 0.269. The van der Waals surface area contributed by atoms with E-state index in [1.54, 1.807) is 29.2 Å². The van der Waals surface area contributed by atoms with Crippen LogP contribution >= 0.6 is 0 Å². The molecule has 3 amide bonds. The zero-order chi connectivity index (χ0) is 23.2. The van der Waals surface area contributed by atoms with Gasteiger partial charge in [0.2, 0.25) is 11.6 Å². The van der Waals surface area contributed by atoms with Crippen molar-refractivity contribution in [1.29, 1.82) is 0 Å². The van der Waals surface area contributed by atoms with Gasteiger partial charge in [0.25, 0.3) is 11.8 Å². The van der Waals surface area contributed by atoms with Crippen LogP contribution in [0.15, 0.2) is 71.1 Å². The lowest BCUT2D eigenvalue weighted by molar-refractivity contribution is -0.134. The van der Waals surface area contributed by atoms with E-state index in [4.69, 9.17) is 4.42 Å². The fourth-order valence-electron chi connectivity index (χ4n) is 4.84. The zero-order valence-corrected chi connectivity index (χ0v) is 18.6. The van der Waals surface area contributed by atoms with Crippen molar-refractivity contribution < 1.29 is 18.8 Å². The number of hydrogen-bond donors (Lipinski definition) is 1. The fourth-order valence-corrected chi connectivity index (χ4v) is 4.84. The number of carbonyl (C=O) groups excluding carboxylic acids is 3. The van der Waals surface area contributed by atoms with Gasteiger partial charge in [0.1, 0.15) is 11.5 Å². The largest absolute Gasteiger partial charge is 0.464 e. The maximum absolute atomic E-state index is 14.0. The summed E-state index contributed by atoms with van der Waals surface area (Å²) in [6, 6.07) is 19.7. The maximum Gasteiger partial charge on any atom is 0.268 e. The SMILES string of the molecule is Cc1ccc(C(C)NC(=O)C23CCC(=O)N2c2ccccc2C(=O)N3Cc2ccccc2)o1. The van der Waals surface area contributed by atoms with Gasteiger partial charge in [-0.3, -0.25) is 19.3 Å². The van der Waals surface area contributed by atoms with E-state index >= 15 is 0 Å². The lowest BCUT2D eigenvalue weighted by Gasteiger charge is -2.49. The highest BCUT2D eigenvalue weighted by molar-refractivity contribution is 6.16. The molecule has 3 heterocycles. The topological polar surface area (TPSA) is 82.9 Å². The Kier molecular flexibility index (Phi) is 5.04. The van der Waals surface area contributed by atoms with Crippen LogP contribution in [-0.4, -0.2) is 28.3 Å². The van der Waals surface area contributed by atoms with Gasteiger partial charge in [0.15, 0.2) is 0 Å². The maximum atomic E-state index is 14.0. The van der Waals surface area contributed by atoms with E-state index in [2.05, 4.69) is 5.32 Å². The van der Waals surface area contributed by atoms with Gasteiger partial charge >= 0.3 is 0 Å². The standard InChI is InChI=1S/C26H25N3O4/c1-17-12-13-22(33-17)18(2)27-25(32)26-15-14-23(30)29(26)21-11-7-6-10-20(21)24(31)28(26)16-19-8-4-3-5-9-19/h3-13,18H,14-16H2,1-2H3,(H,27,32). The summed E-state index contributed by atoms with van der Waals surface area (Å²) in [6.45, 7) is 3.87. The summed E-state index contributed by atoms with van der Waals surface area (Å²) >= 11 is 0. The van der Waals surface area contributed by atoms with E-state index in [9.17, 15) is 14.4 Å². The van der Waals surface area contributed by atoms with Crippen molar-refractivity contribution in [3.05, 3.63) is 89.4 Å². The number of anilines is 1. The Bertz CT molecular complexity index is 1240. The molecule has 3 aromatic rings. The monoisotopic (exact) mass is 443 g/mol. The van der Waals surface area contributed by atoms with Crippen molar-refractivity contribution in [2.24, 2.45) is 0 Å². The summed E-state index contributed by atoms with van der Waals surface area (Å²) < 4.78 is 5.69. The van der Waals surface area contributed by atoms with Crippen molar-refractivity contribution in [2.75, 3.05) is 4.90 Å². The first-order valence-corrected chi connectivity index (χ1v) is 11.1. The number of fused-ring (bicyclic) bond motifs is 3. The van der Waals surface area contributed by atoms with Crippen molar-refractivity contribution in [2.45, 2.75) is 44.9 Å². The Labute approximate surface area is 192 Å². The van der Waals surface area contributed by atoms with Gasteiger partial charge in [-0.1, -0.05) is 42.5 Å². The molecule has 2 aliphatic rings. The molecule has 1 N–H and O–H groups in total. The highest BCUT2D eigenvalue weighted by Crippen LogP contribution is 2.45. The van der Waals surface area contributed by atoms with Gasteiger partial charge in [0, 0.05) is 19.4 Å². The molecule has 1 aromatic heterocycles. The van der Waals surface area contributed by atoms with Crippen LogP contribution in [0.5, 0.6) is 0 Å². The summed E-state index contributed by atoms with van der Waals surface area (Å²) in [6.07, 6.45) is 0.392. The molecule has 2 atom stereocenters. The molecule has 2 aliphatic heterocycles. The predicted octanol–water partition coefficient (Wildman–Crippen LogP) is 3.94. The third kappa shape index (κ3) is 3.31. The molecule has 1 fully saturated rings. The number of para-hydroxylation sites is 1. The Morgan fingerprint density at radius 1 is 1.06 bits per heavy atom. The average Bonchev–Trinajstić information content (AvgIpc) is 3.41. The van der Waals surface area contributed by atoms with E-state index in [-0.39, 0.29) is 31.2 Å². The first kappa shape index (κ1) is 21.0. The van der Waals surface area contributed by atoms with E-state index in [1.165, 1.54) is 4.90 Å². The molecular formula is C26H25N3O4. The summed E-state index contributed by atoms with van der Waals surface area (Å²) in [4.78, 5) is 43.9. The molecule has 0 aliphatic carbocycles. The van der Waals surface area contributed by atoms with Crippen LogP contribution in [0.4, 0.5) is 5.69 Å². The molecule has 168 valence electrons. The van der Waals surface area contributed by atoms with Crippen molar-refractivity contribution in [3.8, 4) is 0 Å². The molecule has 0 saturated carbocycles. The third-order valence-corrected chi connectivity index (χ3v) is 6.46. The number of nitrogens with one attached hydrogen (secondary N) is 1. The second-order valence-corrected chi connectivity index (χ2v) is 8.58. The molecule has 5 rings (SSSR count). The van der Waals surface area contributed by atoms with Gasteiger partial charge in [0.05, 0.1) is 17.3 Å². The number of nitrogens with zero attached hydrogens (tertiary/aromatic N) is 2. The van der Waals surface area contributed by atoms with E-state index in [0.29, 0.717) is 17.0 Å². The predicted molar refractivity (Wildman–Crippen MR) is 122 cm³/mol. The number of rotatable bonds is 5. The molecule has 7 nitrogen and oxygen atoms in total. The summed E-state index contributed by atoms with van der Waals surface area (Å²) in [7, 11) is 0. The molecule has 0 bridgehead atoms. The van der Waals surface area contributed by atoms with Crippen LogP contribution in [-0.2, 0) is 16.1 Å². The number of hydrogen-bond acceptors (Lipinski definition) is 4. The minimum absolute atomic E-state index is 0.175. The molecule has 7 heteroatoms. The van der Waals surface area contributed by atoms with Crippen LogP contribution in [0, 0.1) is 6.92 Å². The van der Waals surface area contributed by atoms with Gasteiger partial charge in [-0.05, 0) is 43.7 Å². The minimum Gasteiger partial charge on any atom is -0.464 e. The number of carbonyl (C=O) groups is 3. The van der Waals surface area contributed by atoms with E-state index in [0.717, 1.165) is 11.3 Å². The molecule has 0 spiro atoms. The average molecular weight is 444 g/mol. The van der Waals surface area contributed by atoms with Crippen LogP contribution in [0.25, 0.3) is 0 Å². The summed E-state index contributed by atoms with van der Waals surface area (Å²) in [5, 5.41) is 3.01. The highest BCUT2D eigenvalue weighted by Gasteiger charge is 2.60. The summed E-state index contributed by atoms with van der Waals surface area (Å²) in [5.41, 5.74) is 0.327. The Morgan fingerprint density at radius 3 is 2.52 bits per heavy atom. The lowest BCUT2D eigenvalue weighted by Crippen LogP contribution is -2.70. The third-order valence-electron chi connectivity index (χ3n) is 6.46. The number of furan rings is 1. The van der Waals surface area contributed by atoms with Gasteiger partial charge < -0.3 is 14.6 Å². The van der Waals surface area contributed by atoms with E-state index in [1.807, 2.05) is 56.3 Å². The first-order chi connectivity index (χ1) is 15.9. The Morgan fingerprint density at radius 2 is 1.79 bits per heavy atom. The Balaban J connectivity index is 1.60. The Hall–Kier alpha value is -3.87. The molecule has 0 radical (unpaired) electrons. The van der Waals surface area contributed by atoms with E-state index < -0.39 is 17.6 Å². The number of amides is 3. The van der Waals surface area contributed by atoms with Crippen LogP contribution in [0.1, 0.15) is 53.2 Å². The quantitative estimate of drug-likeness (QED) is 0.647. The second-order valence-electron chi connectivity index (χ2n) is 8.58. The highest BCUT2D eigenvalue weighted by atomic mass is 16.3. The van der Waals surface area contributed by atoms with Crippen LogP contribution < -0.4 is 10.2 Å². The van der Waals surface area contributed by atoms with Gasteiger partial charge in [-0.25, -0.2) is 0 Å². The van der Waals surface area contributed by atoms with Crippen LogP contribution in [0.2, 0.25) is 0 Å². The molecule has 2 unspecified atom stereocenters. The van der Waals surface area contributed by atoms with Gasteiger partial charge in [-0.15, -0.1) is 0 Å². The van der Waals surface area contributed by atoms with Crippen LogP contribution in [0.3, 0.4) is 0 Å². The summed E-state index contributed by atoms with van der Waals surface area (Å²) in [5.74, 6) is 0.523. The molecule has 33 heavy (non-hydrogen) atoms. The smallest absolute Gasteiger partial charge is 0.268 e. The molecule has 2 aromatic carbocycles. The van der Waals surface area contributed by atoms with Crippen molar-refractivity contribution in [1.82, 2.24) is 10.2 Å². The minimum atomic E-state index is -1.45. The number of aryl methyl sites for hydroxylation is 1.